The Bertz CT molecular complexity index is 871. The van der Waals surface area contributed by atoms with Crippen LogP contribution in [0.1, 0.15) is 34.8 Å². The number of aromatic nitrogens is 6. The molecule has 2 aromatic heterocycles. The van der Waals surface area contributed by atoms with Gasteiger partial charge in [-0.2, -0.15) is 5.10 Å². The summed E-state index contributed by atoms with van der Waals surface area (Å²) in [7, 11) is 1.92. The maximum absolute atomic E-state index is 12.9. The zero-order valence-electron chi connectivity index (χ0n) is 14.0. The number of likely N-dealkylation sites (tertiary alicyclic amines) is 1. The van der Waals surface area contributed by atoms with E-state index in [2.05, 4.69) is 20.6 Å². The fourth-order valence-electron chi connectivity index (χ4n) is 3.30. The minimum Gasteiger partial charge on any atom is -0.338 e. The highest BCUT2D eigenvalue weighted by atomic mass is 16.2. The van der Waals surface area contributed by atoms with E-state index < -0.39 is 0 Å². The minimum absolute atomic E-state index is 0.0376. The monoisotopic (exact) mass is 337 g/mol. The lowest BCUT2D eigenvalue weighted by molar-refractivity contribution is 0.0705. The molecular formula is C17H19N7O. The van der Waals surface area contributed by atoms with E-state index in [0.717, 1.165) is 30.8 Å². The topological polar surface area (TPSA) is 81.7 Å². The number of hydrogen-bond acceptors (Lipinski definition) is 5. The Hall–Kier alpha value is -3.03. The van der Waals surface area contributed by atoms with E-state index in [1.54, 1.807) is 4.68 Å². The lowest BCUT2D eigenvalue weighted by Gasteiger charge is -2.32. The third-order valence-corrected chi connectivity index (χ3v) is 4.57. The maximum Gasteiger partial charge on any atom is 0.253 e. The molecule has 1 amide bonds. The van der Waals surface area contributed by atoms with Gasteiger partial charge in [-0.15, -0.1) is 5.10 Å². The van der Waals surface area contributed by atoms with Crippen molar-refractivity contribution in [3.63, 3.8) is 0 Å². The Labute approximate surface area is 145 Å². The Kier molecular flexibility index (Phi) is 4.01. The zero-order valence-corrected chi connectivity index (χ0v) is 14.0. The van der Waals surface area contributed by atoms with Crippen LogP contribution in [0.25, 0.3) is 5.69 Å². The summed E-state index contributed by atoms with van der Waals surface area (Å²) in [4.78, 5) is 14.9. The second kappa shape index (κ2) is 6.46. The second-order valence-corrected chi connectivity index (χ2v) is 6.31. The number of aryl methyl sites for hydroxylation is 1. The molecule has 0 bridgehead atoms. The van der Waals surface area contributed by atoms with Crippen LogP contribution in [0.2, 0.25) is 0 Å². The first kappa shape index (κ1) is 15.5. The number of carbonyl (C=O) groups is 1. The Balaban J connectivity index is 1.53. The van der Waals surface area contributed by atoms with E-state index in [0.29, 0.717) is 18.0 Å². The summed E-state index contributed by atoms with van der Waals surface area (Å²) < 4.78 is 3.36. The molecule has 1 aliphatic rings. The highest BCUT2D eigenvalue weighted by Crippen LogP contribution is 2.26. The van der Waals surface area contributed by atoms with E-state index in [-0.39, 0.29) is 5.91 Å². The van der Waals surface area contributed by atoms with Crippen LogP contribution in [0.4, 0.5) is 0 Å². The van der Waals surface area contributed by atoms with Crippen molar-refractivity contribution < 1.29 is 4.79 Å². The summed E-state index contributed by atoms with van der Waals surface area (Å²) in [5.74, 6) is 0.331. The highest BCUT2D eigenvalue weighted by Gasteiger charge is 2.26. The molecule has 0 spiro atoms. The largest absolute Gasteiger partial charge is 0.338 e. The summed E-state index contributed by atoms with van der Waals surface area (Å²) in [6.07, 6.45) is 5.51. The van der Waals surface area contributed by atoms with Gasteiger partial charge >= 0.3 is 0 Å². The van der Waals surface area contributed by atoms with Crippen molar-refractivity contribution in [2.75, 3.05) is 13.1 Å². The van der Waals surface area contributed by atoms with Crippen molar-refractivity contribution in [3.8, 4) is 5.69 Å². The van der Waals surface area contributed by atoms with Crippen LogP contribution in [0.5, 0.6) is 0 Å². The molecule has 1 atom stereocenters. The molecule has 3 aromatic rings. The first-order chi connectivity index (χ1) is 12.2. The number of piperidine rings is 1. The lowest BCUT2D eigenvalue weighted by Crippen LogP contribution is -2.39. The lowest BCUT2D eigenvalue weighted by atomic mass is 9.94. The van der Waals surface area contributed by atoms with Crippen molar-refractivity contribution >= 4 is 5.91 Å². The number of rotatable bonds is 3. The van der Waals surface area contributed by atoms with E-state index >= 15 is 0 Å². The van der Waals surface area contributed by atoms with Gasteiger partial charge in [-0.3, -0.25) is 9.48 Å². The standard InChI is InChI=1S/C17H19N7O/c1-22-9-7-16(19-22)14-5-3-8-23(11-14)17(25)13-4-2-6-15(10-13)24-12-18-20-21-24/h2,4,6-7,9-10,12,14H,3,5,8,11H2,1H3/t14-/m1/s1. The fraction of sp³-hybridized carbons (Fsp3) is 0.353. The molecule has 4 rings (SSSR count). The van der Waals surface area contributed by atoms with Crippen LogP contribution in [-0.4, -0.2) is 53.9 Å². The quantitative estimate of drug-likeness (QED) is 0.722. The Morgan fingerprint density at radius 1 is 1.28 bits per heavy atom. The first-order valence-electron chi connectivity index (χ1n) is 8.33. The molecule has 0 unspecified atom stereocenters. The predicted octanol–water partition coefficient (Wildman–Crippen LogP) is 1.42. The summed E-state index contributed by atoms with van der Waals surface area (Å²) in [6, 6.07) is 9.42. The summed E-state index contributed by atoms with van der Waals surface area (Å²) in [5.41, 5.74) is 2.48. The van der Waals surface area contributed by atoms with Crippen molar-refractivity contribution in [1.82, 2.24) is 34.9 Å². The first-order valence-corrected chi connectivity index (χ1v) is 8.33. The van der Waals surface area contributed by atoms with Crippen LogP contribution in [-0.2, 0) is 7.05 Å². The molecule has 1 aliphatic heterocycles. The fourth-order valence-corrected chi connectivity index (χ4v) is 3.30. The third kappa shape index (κ3) is 3.15. The number of nitrogens with zero attached hydrogens (tertiary/aromatic N) is 7. The number of tetrazole rings is 1. The molecule has 1 fully saturated rings. The second-order valence-electron chi connectivity index (χ2n) is 6.31. The third-order valence-electron chi connectivity index (χ3n) is 4.57. The number of hydrogen-bond donors (Lipinski definition) is 0. The number of amides is 1. The molecule has 8 nitrogen and oxygen atoms in total. The molecule has 1 saturated heterocycles. The minimum atomic E-state index is 0.0376. The SMILES string of the molecule is Cn1ccc([C@@H]2CCCN(C(=O)c3cccc(-n4cnnn4)c3)C2)n1. The normalized spacial score (nSPS) is 17.6. The molecule has 1 aromatic carbocycles. The molecular weight excluding hydrogens is 318 g/mol. The van der Waals surface area contributed by atoms with Crippen LogP contribution >= 0.6 is 0 Å². The Morgan fingerprint density at radius 2 is 2.20 bits per heavy atom. The summed E-state index contributed by atoms with van der Waals surface area (Å²) in [5, 5.41) is 15.6. The molecule has 8 heteroatoms. The van der Waals surface area contributed by atoms with Crippen LogP contribution < -0.4 is 0 Å². The molecule has 128 valence electrons. The summed E-state index contributed by atoms with van der Waals surface area (Å²) in [6.45, 7) is 1.47. The van der Waals surface area contributed by atoms with Crippen molar-refractivity contribution in [2.24, 2.45) is 7.05 Å². The van der Waals surface area contributed by atoms with Crippen LogP contribution in [0, 0.1) is 0 Å². The van der Waals surface area contributed by atoms with Crippen LogP contribution in [0.3, 0.4) is 0 Å². The van der Waals surface area contributed by atoms with Gasteiger partial charge < -0.3 is 4.90 Å². The maximum atomic E-state index is 12.9. The highest BCUT2D eigenvalue weighted by molar-refractivity contribution is 5.94. The van der Waals surface area contributed by atoms with E-state index in [4.69, 9.17) is 0 Å². The van der Waals surface area contributed by atoms with Crippen LogP contribution in [0.15, 0.2) is 42.9 Å². The molecule has 3 heterocycles. The van der Waals surface area contributed by atoms with Crippen molar-refractivity contribution in [1.29, 1.82) is 0 Å². The zero-order chi connectivity index (χ0) is 17.2. The Morgan fingerprint density at radius 3 is 2.96 bits per heavy atom. The van der Waals surface area contributed by atoms with Gasteiger partial charge in [-0.25, -0.2) is 4.68 Å². The van der Waals surface area contributed by atoms with E-state index in [1.165, 1.54) is 6.33 Å². The van der Waals surface area contributed by atoms with E-state index in [1.807, 2.05) is 53.2 Å². The van der Waals surface area contributed by atoms with Gasteiger partial charge in [0.15, 0.2) is 0 Å². The molecule has 25 heavy (non-hydrogen) atoms. The smallest absolute Gasteiger partial charge is 0.253 e. The van der Waals surface area contributed by atoms with E-state index in [9.17, 15) is 4.79 Å². The molecule has 0 N–H and O–H groups in total. The van der Waals surface area contributed by atoms with Gasteiger partial charge in [0.25, 0.3) is 5.91 Å². The average Bonchev–Trinajstić information content (AvgIpc) is 3.33. The van der Waals surface area contributed by atoms with Gasteiger partial charge in [-0.05, 0) is 47.5 Å². The molecule has 0 aliphatic carbocycles. The van der Waals surface area contributed by atoms with Gasteiger partial charge in [0.1, 0.15) is 6.33 Å². The van der Waals surface area contributed by atoms with Gasteiger partial charge in [-0.1, -0.05) is 6.07 Å². The molecule has 0 radical (unpaired) electrons. The number of benzene rings is 1. The molecule has 0 saturated carbocycles. The summed E-state index contributed by atoms with van der Waals surface area (Å²) >= 11 is 0. The van der Waals surface area contributed by atoms with Crippen molar-refractivity contribution in [3.05, 3.63) is 54.1 Å². The van der Waals surface area contributed by atoms with Gasteiger partial charge in [0, 0.05) is 37.8 Å². The van der Waals surface area contributed by atoms with Gasteiger partial charge in [0.2, 0.25) is 0 Å². The van der Waals surface area contributed by atoms with Crippen molar-refractivity contribution in [2.45, 2.75) is 18.8 Å². The van der Waals surface area contributed by atoms with Gasteiger partial charge in [0.05, 0.1) is 11.4 Å². The average molecular weight is 337 g/mol. The number of carbonyl (C=O) groups excluding carboxylic acids is 1. The predicted molar refractivity (Wildman–Crippen MR) is 90.2 cm³/mol.